The Kier molecular flexibility index (Phi) is 3.72. The summed E-state index contributed by atoms with van der Waals surface area (Å²) in [5, 5.41) is 0. The molecule has 0 aliphatic rings. The van der Waals surface area contributed by atoms with Gasteiger partial charge < -0.3 is 4.74 Å². The highest BCUT2D eigenvalue weighted by Crippen LogP contribution is 2.30. The lowest BCUT2D eigenvalue weighted by Gasteiger charge is -2.13. The number of hydrogen-bond donors (Lipinski definition) is 0. The number of carbonyl (C=O) groups is 1. The highest BCUT2D eigenvalue weighted by atomic mass is 19.1. The minimum Gasteiger partial charge on any atom is -0.453 e. The first-order chi connectivity index (χ1) is 8.68. The van der Waals surface area contributed by atoms with Gasteiger partial charge in [0.05, 0.1) is 0 Å². The molecule has 0 saturated heterocycles. The molecule has 2 nitrogen and oxygen atoms in total. The van der Waals surface area contributed by atoms with Crippen molar-refractivity contribution < 1.29 is 13.9 Å². The van der Waals surface area contributed by atoms with Crippen LogP contribution >= 0.6 is 0 Å². The topological polar surface area (TPSA) is 26.3 Å². The van der Waals surface area contributed by atoms with Gasteiger partial charge in [-0.3, -0.25) is 4.79 Å². The van der Waals surface area contributed by atoms with Crippen LogP contribution in [-0.4, -0.2) is 12.1 Å². The van der Waals surface area contributed by atoms with Crippen molar-refractivity contribution in [2.75, 3.05) is 0 Å². The molecule has 1 unspecified atom stereocenters. The Morgan fingerprint density at radius 1 is 1.06 bits per heavy atom. The molecule has 2 rings (SSSR count). The van der Waals surface area contributed by atoms with Gasteiger partial charge in [-0.05, 0) is 11.6 Å². The number of hydrogen-bond acceptors (Lipinski definition) is 2. The van der Waals surface area contributed by atoms with E-state index in [9.17, 15) is 9.18 Å². The molecule has 1 atom stereocenters. The fourth-order valence-electron chi connectivity index (χ4n) is 1.62. The Morgan fingerprint density at radius 3 is 2.33 bits per heavy atom. The second-order valence-corrected chi connectivity index (χ2v) is 3.91. The van der Waals surface area contributed by atoms with Gasteiger partial charge in [0.2, 0.25) is 5.78 Å². The molecule has 3 heteroatoms. The van der Waals surface area contributed by atoms with Crippen LogP contribution in [0.3, 0.4) is 0 Å². The fourth-order valence-corrected chi connectivity index (χ4v) is 1.62. The number of ether oxygens (including phenoxy) is 1. The van der Waals surface area contributed by atoms with Crippen LogP contribution in [0.2, 0.25) is 0 Å². The number of para-hydroxylation sites is 1. The van der Waals surface area contributed by atoms with Gasteiger partial charge in [0, 0.05) is 12.5 Å². The summed E-state index contributed by atoms with van der Waals surface area (Å²) in [6, 6.07) is 16.6. The summed E-state index contributed by atoms with van der Waals surface area (Å²) < 4.78 is 18.4. The lowest BCUT2D eigenvalue weighted by molar-refractivity contribution is -0.130. The van der Waals surface area contributed by atoms with Crippen LogP contribution in [-0.2, 0) is 4.79 Å². The summed E-state index contributed by atoms with van der Waals surface area (Å²) in [7, 11) is 0. The zero-order valence-electron chi connectivity index (χ0n) is 9.97. The van der Waals surface area contributed by atoms with Crippen molar-refractivity contribution in [3.05, 3.63) is 54.6 Å². The third kappa shape index (κ3) is 2.74. The minimum atomic E-state index is -1.92. The molecule has 0 radical (unpaired) electrons. The van der Waals surface area contributed by atoms with Crippen LogP contribution < -0.4 is 4.74 Å². The summed E-state index contributed by atoms with van der Waals surface area (Å²) in [5.74, 6) is -0.274. The molecular formula is C15H13FO2. The lowest BCUT2D eigenvalue weighted by Crippen LogP contribution is -2.19. The van der Waals surface area contributed by atoms with Crippen LogP contribution in [0.15, 0.2) is 54.6 Å². The van der Waals surface area contributed by atoms with Crippen LogP contribution in [0, 0.1) is 0 Å². The molecule has 0 heterocycles. The molecule has 0 aliphatic heterocycles. The van der Waals surface area contributed by atoms with E-state index in [0.29, 0.717) is 5.75 Å². The number of Topliss-reactive ketones (excluding diaryl/α,β-unsaturated/α-hetero) is 1. The smallest absolute Gasteiger partial charge is 0.296 e. The van der Waals surface area contributed by atoms with Crippen molar-refractivity contribution in [1.82, 2.24) is 0 Å². The first-order valence-corrected chi connectivity index (χ1v) is 5.64. The van der Waals surface area contributed by atoms with Gasteiger partial charge >= 0.3 is 0 Å². The second kappa shape index (κ2) is 5.45. The van der Waals surface area contributed by atoms with Crippen molar-refractivity contribution in [2.24, 2.45) is 0 Å². The Morgan fingerprint density at radius 2 is 1.67 bits per heavy atom. The van der Waals surface area contributed by atoms with Gasteiger partial charge in [0.15, 0.2) is 0 Å². The standard InChI is InChI=1S/C15H13FO2/c1-11(17)15(16)18-14-10-6-5-9-13(14)12-7-3-2-4-8-12/h2-10,15H,1H3. The minimum absolute atomic E-state index is 0.367. The fraction of sp³-hybridized carbons (Fsp3) is 0.133. The summed E-state index contributed by atoms with van der Waals surface area (Å²) in [6.07, 6.45) is -1.92. The largest absolute Gasteiger partial charge is 0.453 e. The van der Waals surface area contributed by atoms with Gasteiger partial charge in [-0.25, -0.2) is 0 Å². The van der Waals surface area contributed by atoms with Crippen LogP contribution in [0.4, 0.5) is 4.39 Å². The van der Waals surface area contributed by atoms with Gasteiger partial charge in [0.1, 0.15) is 5.75 Å². The van der Waals surface area contributed by atoms with E-state index >= 15 is 0 Å². The van der Waals surface area contributed by atoms with Gasteiger partial charge in [0.25, 0.3) is 6.36 Å². The summed E-state index contributed by atoms with van der Waals surface area (Å²) in [5.41, 5.74) is 1.69. The summed E-state index contributed by atoms with van der Waals surface area (Å²) in [6.45, 7) is 1.16. The van der Waals surface area contributed by atoms with Crippen molar-refractivity contribution in [2.45, 2.75) is 13.3 Å². The molecule has 0 spiro atoms. The first kappa shape index (κ1) is 12.3. The number of halogens is 1. The maximum absolute atomic E-state index is 13.3. The normalized spacial score (nSPS) is 11.9. The average molecular weight is 244 g/mol. The molecule has 92 valence electrons. The quantitative estimate of drug-likeness (QED) is 0.821. The molecule has 0 saturated carbocycles. The Balaban J connectivity index is 2.35. The summed E-state index contributed by atoms with van der Waals surface area (Å²) in [4.78, 5) is 10.9. The third-order valence-corrected chi connectivity index (χ3v) is 2.52. The van der Waals surface area contributed by atoms with Crippen molar-refractivity contribution >= 4 is 5.78 Å². The van der Waals surface area contributed by atoms with Crippen LogP contribution in [0.5, 0.6) is 5.75 Å². The number of benzene rings is 2. The van der Waals surface area contributed by atoms with E-state index in [1.54, 1.807) is 12.1 Å². The van der Waals surface area contributed by atoms with Gasteiger partial charge in [-0.15, -0.1) is 0 Å². The van der Waals surface area contributed by atoms with E-state index in [0.717, 1.165) is 18.1 Å². The zero-order chi connectivity index (χ0) is 13.0. The maximum atomic E-state index is 13.3. The molecule has 0 fully saturated rings. The van der Waals surface area contributed by atoms with E-state index in [1.807, 2.05) is 42.5 Å². The number of carbonyl (C=O) groups excluding carboxylic acids is 1. The van der Waals surface area contributed by atoms with E-state index in [1.165, 1.54) is 0 Å². The van der Waals surface area contributed by atoms with Crippen molar-refractivity contribution in [3.8, 4) is 16.9 Å². The predicted molar refractivity (Wildman–Crippen MR) is 68.1 cm³/mol. The SMILES string of the molecule is CC(=O)C(F)Oc1ccccc1-c1ccccc1. The second-order valence-electron chi connectivity index (χ2n) is 3.91. The summed E-state index contributed by atoms with van der Waals surface area (Å²) >= 11 is 0. The van der Waals surface area contributed by atoms with Gasteiger partial charge in [-0.1, -0.05) is 48.5 Å². The third-order valence-electron chi connectivity index (χ3n) is 2.52. The molecule has 2 aromatic carbocycles. The zero-order valence-corrected chi connectivity index (χ0v) is 9.97. The van der Waals surface area contributed by atoms with Gasteiger partial charge in [-0.2, -0.15) is 4.39 Å². The number of alkyl halides is 1. The molecule has 0 aromatic heterocycles. The van der Waals surface area contributed by atoms with E-state index in [2.05, 4.69) is 0 Å². The highest BCUT2D eigenvalue weighted by molar-refractivity contribution is 5.80. The highest BCUT2D eigenvalue weighted by Gasteiger charge is 2.16. The molecule has 0 amide bonds. The van der Waals surface area contributed by atoms with Crippen molar-refractivity contribution in [1.29, 1.82) is 0 Å². The lowest BCUT2D eigenvalue weighted by atomic mass is 10.1. The van der Waals surface area contributed by atoms with E-state index in [4.69, 9.17) is 4.74 Å². The predicted octanol–water partition coefficient (Wildman–Crippen LogP) is 3.62. The monoisotopic (exact) mass is 244 g/mol. The molecule has 18 heavy (non-hydrogen) atoms. The Hall–Kier alpha value is -2.16. The number of ketones is 1. The first-order valence-electron chi connectivity index (χ1n) is 5.64. The van der Waals surface area contributed by atoms with Crippen LogP contribution in [0.25, 0.3) is 11.1 Å². The molecule has 0 aliphatic carbocycles. The molecule has 2 aromatic rings. The van der Waals surface area contributed by atoms with Crippen LogP contribution in [0.1, 0.15) is 6.92 Å². The Labute approximate surface area is 105 Å². The molecule has 0 N–H and O–H groups in total. The van der Waals surface area contributed by atoms with E-state index < -0.39 is 12.1 Å². The molecule has 0 bridgehead atoms. The van der Waals surface area contributed by atoms with Crippen molar-refractivity contribution in [3.63, 3.8) is 0 Å². The Bertz CT molecular complexity index is 537. The maximum Gasteiger partial charge on any atom is 0.296 e. The average Bonchev–Trinajstić information content (AvgIpc) is 2.40. The molecular weight excluding hydrogens is 231 g/mol. The number of rotatable bonds is 4. The van der Waals surface area contributed by atoms with E-state index in [-0.39, 0.29) is 0 Å².